The number of carbonyl (C=O) groups excluding carboxylic acids is 1. The minimum atomic E-state index is -0.107. The van der Waals surface area contributed by atoms with Gasteiger partial charge in [-0.1, -0.05) is 70.9 Å². The van der Waals surface area contributed by atoms with Crippen LogP contribution in [0.2, 0.25) is 0 Å². The van der Waals surface area contributed by atoms with E-state index in [1.807, 2.05) is 0 Å². The zero-order valence-corrected chi connectivity index (χ0v) is 26.4. The number of fused-ring (bicyclic) bond motifs is 5. The molecular formula is C38H60O2. The minimum absolute atomic E-state index is 0.107. The van der Waals surface area contributed by atoms with E-state index in [1.54, 1.807) is 5.57 Å². The van der Waals surface area contributed by atoms with Crippen LogP contribution in [0.1, 0.15) is 156 Å². The Kier molecular flexibility index (Phi) is 7.51. The van der Waals surface area contributed by atoms with E-state index in [0.717, 1.165) is 73.5 Å². The summed E-state index contributed by atoms with van der Waals surface area (Å²) in [4.78, 5) is 13.7. The summed E-state index contributed by atoms with van der Waals surface area (Å²) in [6, 6.07) is 0. The van der Waals surface area contributed by atoms with Gasteiger partial charge in [-0.05, 0) is 142 Å². The van der Waals surface area contributed by atoms with E-state index in [0.29, 0.717) is 10.8 Å². The molecule has 0 amide bonds. The summed E-state index contributed by atoms with van der Waals surface area (Å²) in [7, 11) is 0. The van der Waals surface area contributed by atoms with Gasteiger partial charge < -0.3 is 4.74 Å². The molecule has 0 heterocycles. The smallest absolute Gasteiger partial charge is 0.312 e. The van der Waals surface area contributed by atoms with Crippen LogP contribution in [0, 0.1) is 57.7 Å². The number of hydrogen-bond donors (Lipinski definition) is 0. The molecule has 7 saturated carbocycles. The van der Waals surface area contributed by atoms with Crippen LogP contribution < -0.4 is 0 Å². The van der Waals surface area contributed by atoms with E-state index in [-0.39, 0.29) is 17.5 Å². The lowest BCUT2D eigenvalue weighted by Crippen LogP contribution is -2.52. The number of rotatable bonds is 9. The van der Waals surface area contributed by atoms with Crippen LogP contribution in [0.25, 0.3) is 0 Å². The van der Waals surface area contributed by atoms with Crippen LogP contribution in [0.5, 0.6) is 0 Å². The number of unbranched alkanes of at least 4 members (excludes halogenated alkanes) is 5. The van der Waals surface area contributed by atoms with Gasteiger partial charge in [-0.3, -0.25) is 4.79 Å². The van der Waals surface area contributed by atoms with Gasteiger partial charge in [0.15, 0.2) is 0 Å². The highest BCUT2D eigenvalue weighted by Gasteiger charge is 2.59. The second-order valence-electron chi connectivity index (χ2n) is 17.1. The van der Waals surface area contributed by atoms with Crippen molar-refractivity contribution < 1.29 is 9.53 Å². The lowest BCUT2D eigenvalue weighted by atomic mass is 9.47. The Morgan fingerprint density at radius 1 is 0.850 bits per heavy atom. The predicted octanol–water partition coefficient (Wildman–Crippen LogP) is 10.4. The average Bonchev–Trinajstić information content (AvgIpc) is 3.26. The van der Waals surface area contributed by atoms with Crippen LogP contribution in [-0.2, 0) is 9.53 Å². The summed E-state index contributed by atoms with van der Waals surface area (Å²) < 4.78 is 6.49. The van der Waals surface area contributed by atoms with Crippen molar-refractivity contribution in [2.24, 2.45) is 57.7 Å². The van der Waals surface area contributed by atoms with E-state index < -0.39 is 0 Å². The molecule has 7 atom stereocenters. The number of esters is 1. The zero-order valence-electron chi connectivity index (χ0n) is 26.4. The SMILES string of the molecule is CCCCCCCC[C@H]1CC[C@H]2[C@H]3CC=C4C[C@@H](OC(=O)C56CC7CC(CC(C7)C5)C6)CC[C@]4(C)[C@@H]3CC[C@]12C. The third-order valence-electron chi connectivity index (χ3n) is 14.9. The van der Waals surface area contributed by atoms with Crippen LogP contribution in [-0.4, -0.2) is 12.1 Å². The molecule has 8 aliphatic rings. The Hall–Kier alpha value is -0.790. The van der Waals surface area contributed by atoms with E-state index >= 15 is 0 Å². The average molecular weight is 549 g/mol. The van der Waals surface area contributed by atoms with Crippen molar-refractivity contribution in [2.45, 2.75) is 162 Å². The van der Waals surface area contributed by atoms with Gasteiger partial charge in [0.2, 0.25) is 0 Å². The summed E-state index contributed by atoms with van der Waals surface area (Å²) in [5.41, 5.74) is 2.51. The maximum absolute atomic E-state index is 13.7. The first-order chi connectivity index (χ1) is 19.3. The molecule has 0 unspecified atom stereocenters. The van der Waals surface area contributed by atoms with Gasteiger partial charge in [0.05, 0.1) is 5.41 Å². The molecule has 0 radical (unpaired) electrons. The number of ether oxygens (including phenoxy) is 1. The fourth-order valence-electron chi connectivity index (χ4n) is 13.1. The lowest BCUT2D eigenvalue weighted by molar-refractivity contribution is -0.179. The largest absolute Gasteiger partial charge is 0.462 e. The molecule has 8 rings (SSSR count). The van der Waals surface area contributed by atoms with Gasteiger partial charge in [0.1, 0.15) is 6.10 Å². The molecule has 0 N–H and O–H groups in total. The van der Waals surface area contributed by atoms with Gasteiger partial charge in [0.25, 0.3) is 0 Å². The molecule has 0 aromatic heterocycles. The van der Waals surface area contributed by atoms with Crippen molar-refractivity contribution in [1.82, 2.24) is 0 Å². The normalized spacial score (nSPS) is 48.7. The van der Waals surface area contributed by atoms with Crippen LogP contribution in [0.15, 0.2) is 11.6 Å². The molecule has 224 valence electrons. The van der Waals surface area contributed by atoms with E-state index in [1.165, 1.54) is 103 Å². The Labute approximate surface area is 246 Å². The summed E-state index contributed by atoms with van der Waals surface area (Å²) in [6.07, 6.45) is 31.0. The molecule has 0 aromatic carbocycles. The molecule has 7 fully saturated rings. The standard InChI is InChI=1S/C38H60O2/c1-4-5-6-7-8-9-10-29-12-14-33-32-13-11-30-22-31(15-17-37(30,3)34(32)16-18-36(29,33)2)40-35(39)38-23-26-19-27(24-38)21-28(20-26)25-38/h11,26-29,31-34H,4-10,12-25H2,1-3H3/t26?,27?,28?,29-,31-,32+,33-,34+,36+,37-,38?/m0/s1. The maximum Gasteiger partial charge on any atom is 0.312 e. The monoisotopic (exact) mass is 548 g/mol. The van der Waals surface area contributed by atoms with Gasteiger partial charge in [-0.25, -0.2) is 0 Å². The van der Waals surface area contributed by atoms with Crippen LogP contribution in [0.3, 0.4) is 0 Å². The van der Waals surface area contributed by atoms with Crippen LogP contribution in [0.4, 0.5) is 0 Å². The van der Waals surface area contributed by atoms with Gasteiger partial charge in [-0.15, -0.1) is 0 Å². The lowest BCUT2D eigenvalue weighted by Gasteiger charge is -2.58. The molecule has 0 saturated heterocycles. The van der Waals surface area contributed by atoms with Crippen molar-refractivity contribution in [3.8, 4) is 0 Å². The van der Waals surface area contributed by atoms with Crippen molar-refractivity contribution in [1.29, 1.82) is 0 Å². The molecule has 0 spiro atoms. The summed E-state index contributed by atoms with van der Waals surface area (Å²) in [5, 5.41) is 0. The number of hydrogen-bond acceptors (Lipinski definition) is 2. The van der Waals surface area contributed by atoms with Crippen molar-refractivity contribution >= 4 is 5.97 Å². The topological polar surface area (TPSA) is 26.3 Å². The molecule has 0 aromatic rings. The summed E-state index contributed by atoms with van der Waals surface area (Å²) >= 11 is 0. The van der Waals surface area contributed by atoms with Crippen molar-refractivity contribution in [2.75, 3.05) is 0 Å². The molecule has 2 nitrogen and oxygen atoms in total. The molecule has 40 heavy (non-hydrogen) atoms. The highest BCUT2D eigenvalue weighted by Crippen LogP contribution is 2.67. The number of carbonyl (C=O) groups is 1. The van der Waals surface area contributed by atoms with E-state index in [9.17, 15) is 4.79 Å². The summed E-state index contributed by atoms with van der Waals surface area (Å²) in [6.45, 7) is 7.66. The van der Waals surface area contributed by atoms with E-state index in [4.69, 9.17) is 4.74 Å². The first kappa shape index (κ1) is 28.0. The number of allylic oxidation sites excluding steroid dienone is 1. The van der Waals surface area contributed by atoms with E-state index in [2.05, 4.69) is 26.8 Å². The minimum Gasteiger partial charge on any atom is -0.462 e. The quantitative estimate of drug-likeness (QED) is 0.163. The molecule has 8 aliphatic carbocycles. The molecule has 2 heteroatoms. The summed E-state index contributed by atoms with van der Waals surface area (Å²) in [5.74, 6) is 6.31. The Bertz CT molecular complexity index is 943. The second kappa shape index (κ2) is 10.7. The Morgan fingerprint density at radius 3 is 2.27 bits per heavy atom. The zero-order chi connectivity index (χ0) is 27.5. The molecule has 0 aliphatic heterocycles. The molecule has 4 bridgehead atoms. The molecular weight excluding hydrogens is 488 g/mol. The fraction of sp³-hybridized carbons (Fsp3) is 0.921. The second-order valence-corrected chi connectivity index (χ2v) is 17.1. The predicted molar refractivity (Wildman–Crippen MR) is 164 cm³/mol. The van der Waals surface area contributed by atoms with Gasteiger partial charge in [-0.2, -0.15) is 0 Å². The van der Waals surface area contributed by atoms with Crippen molar-refractivity contribution in [3.63, 3.8) is 0 Å². The first-order valence-electron chi connectivity index (χ1n) is 18.2. The van der Waals surface area contributed by atoms with Gasteiger partial charge in [0, 0.05) is 6.42 Å². The maximum atomic E-state index is 13.7. The Balaban J connectivity index is 0.976. The third-order valence-corrected chi connectivity index (χ3v) is 14.9. The van der Waals surface area contributed by atoms with Crippen LogP contribution >= 0.6 is 0 Å². The third kappa shape index (κ3) is 4.67. The first-order valence-corrected chi connectivity index (χ1v) is 18.2. The van der Waals surface area contributed by atoms with Crippen molar-refractivity contribution in [3.05, 3.63) is 11.6 Å². The van der Waals surface area contributed by atoms with Gasteiger partial charge >= 0.3 is 5.97 Å². The highest BCUT2D eigenvalue weighted by molar-refractivity contribution is 5.77. The highest BCUT2D eigenvalue weighted by atomic mass is 16.5. The fourth-order valence-corrected chi connectivity index (χ4v) is 13.1. The Morgan fingerprint density at radius 2 is 1.55 bits per heavy atom.